The molecule has 0 unspecified atom stereocenters. The van der Waals surface area contributed by atoms with Gasteiger partial charge in [-0.2, -0.15) is 0 Å². The molecule has 0 saturated heterocycles. The zero-order valence-corrected chi connectivity index (χ0v) is 12.3. The molecule has 0 heterocycles. The van der Waals surface area contributed by atoms with Crippen LogP contribution in [0.1, 0.15) is 66.2 Å². The number of esters is 2. The molecule has 1 saturated carbocycles. The van der Waals surface area contributed by atoms with Crippen molar-refractivity contribution in [2.24, 2.45) is 0 Å². The van der Waals surface area contributed by atoms with Crippen LogP contribution in [0, 0.1) is 0 Å². The van der Waals surface area contributed by atoms with Gasteiger partial charge in [-0.3, -0.25) is 9.59 Å². The first-order valence-corrected chi connectivity index (χ1v) is 6.81. The summed E-state index contributed by atoms with van der Waals surface area (Å²) >= 11 is 0. The fraction of sp³-hybridized carbons (Fsp3) is 0.857. The van der Waals surface area contributed by atoms with Crippen LogP contribution in [0.3, 0.4) is 0 Å². The Hall–Kier alpha value is -1.06. The third-order valence-corrected chi connectivity index (χ3v) is 2.20. The number of hydrogen-bond donors (Lipinski definition) is 0. The lowest BCUT2D eigenvalue weighted by molar-refractivity contribution is -0.141. The predicted octanol–water partition coefficient (Wildman–Crippen LogP) is 3.48. The SMILES string of the molecule is C1CCCCC1.CCOC(C)=O.CCOC(C)=O. The molecule has 0 aliphatic heterocycles. The molecule has 0 N–H and O–H groups in total. The molecule has 0 spiro atoms. The Bertz CT molecular complexity index is 170. The molecule has 0 aromatic rings. The lowest BCUT2D eigenvalue weighted by Gasteiger charge is -2.05. The lowest BCUT2D eigenvalue weighted by Crippen LogP contribution is -1.95. The fourth-order valence-corrected chi connectivity index (χ4v) is 1.47. The highest BCUT2D eigenvalue weighted by Gasteiger charge is 1.95. The standard InChI is InChI=1S/C6H12.2C4H8O2/c1-2-4-6-5-3-1;2*1-3-6-4(2)5/h1-6H2;2*3H2,1-2H3. The zero-order valence-electron chi connectivity index (χ0n) is 12.3. The third kappa shape index (κ3) is 24.3. The van der Waals surface area contributed by atoms with Crippen molar-refractivity contribution >= 4 is 11.9 Å². The van der Waals surface area contributed by atoms with Crippen LogP contribution < -0.4 is 0 Å². The smallest absolute Gasteiger partial charge is 0.302 e. The maximum absolute atomic E-state index is 9.82. The number of hydrogen-bond acceptors (Lipinski definition) is 4. The molecule has 0 radical (unpaired) electrons. The van der Waals surface area contributed by atoms with Gasteiger partial charge in [0.15, 0.2) is 0 Å². The molecule has 0 bridgehead atoms. The van der Waals surface area contributed by atoms with Crippen LogP contribution in [-0.4, -0.2) is 25.2 Å². The summed E-state index contributed by atoms with van der Waals surface area (Å²) in [5.41, 5.74) is 0. The zero-order chi connectivity index (χ0) is 14.2. The summed E-state index contributed by atoms with van der Waals surface area (Å²) in [6, 6.07) is 0. The summed E-state index contributed by atoms with van der Waals surface area (Å²) in [5, 5.41) is 0. The van der Waals surface area contributed by atoms with Crippen LogP contribution in [-0.2, 0) is 19.1 Å². The van der Waals surface area contributed by atoms with E-state index in [4.69, 9.17) is 0 Å². The van der Waals surface area contributed by atoms with Gasteiger partial charge >= 0.3 is 11.9 Å². The van der Waals surface area contributed by atoms with E-state index in [0.29, 0.717) is 13.2 Å². The Morgan fingerprint density at radius 3 is 1.00 bits per heavy atom. The molecule has 1 fully saturated rings. The number of rotatable bonds is 2. The van der Waals surface area contributed by atoms with Gasteiger partial charge in [0.25, 0.3) is 0 Å². The molecule has 0 aromatic heterocycles. The second-order valence-corrected chi connectivity index (χ2v) is 3.97. The topological polar surface area (TPSA) is 52.6 Å². The third-order valence-electron chi connectivity index (χ3n) is 2.20. The molecule has 1 rings (SSSR count). The van der Waals surface area contributed by atoms with Crippen molar-refractivity contribution in [3.05, 3.63) is 0 Å². The quantitative estimate of drug-likeness (QED) is 0.713. The van der Waals surface area contributed by atoms with Gasteiger partial charge in [-0.05, 0) is 13.8 Å². The predicted molar refractivity (Wildman–Crippen MR) is 72.3 cm³/mol. The second kappa shape index (κ2) is 15.9. The van der Waals surface area contributed by atoms with Gasteiger partial charge in [0.2, 0.25) is 0 Å². The van der Waals surface area contributed by atoms with Crippen molar-refractivity contribution in [1.82, 2.24) is 0 Å². The van der Waals surface area contributed by atoms with Crippen LogP contribution in [0.25, 0.3) is 0 Å². The van der Waals surface area contributed by atoms with E-state index in [1.807, 2.05) is 0 Å². The summed E-state index contributed by atoms with van der Waals surface area (Å²) in [5.74, 6) is -0.421. The van der Waals surface area contributed by atoms with Crippen molar-refractivity contribution in [3.8, 4) is 0 Å². The van der Waals surface area contributed by atoms with E-state index in [2.05, 4.69) is 9.47 Å². The Labute approximate surface area is 111 Å². The highest BCUT2D eigenvalue weighted by atomic mass is 16.5. The van der Waals surface area contributed by atoms with Crippen molar-refractivity contribution < 1.29 is 19.1 Å². The Morgan fingerprint density at radius 2 is 0.944 bits per heavy atom. The van der Waals surface area contributed by atoms with Gasteiger partial charge < -0.3 is 9.47 Å². The minimum absolute atomic E-state index is 0.211. The highest BCUT2D eigenvalue weighted by molar-refractivity contribution is 5.66. The molecule has 0 aromatic carbocycles. The Kier molecular flexibility index (Phi) is 17.1. The molecule has 4 heteroatoms. The summed E-state index contributed by atoms with van der Waals surface area (Å²) in [7, 11) is 0. The van der Waals surface area contributed by atoms with Gasteiger partial charge in [-0.25, -0.2) is 0 Å². The minimum atomic E-state index is -0.211. The molecular formula is C14H28O4. The monoisotopic (exact) mass is 260 g/mol. The van der Waals surface area contributed by atoms with E-state index in [-0.39, 0.29) is 11.9 Å². The molecule has 108 valence electrons. The maximum atomic E-state index is 9.82. The minimum Gasteiger partial charge on any atom is -0.466 e. The first-order valence-electron chi connectivity index (χ1n) is 6.81. The average Bonchev–Trinajstić information content (AvgIpc) is 2.32. The van der Waals surface area contributed by atoms with Crippen molar-refractivity contribution in [1.29, 1.82) is 0 Å². The normalized spacial score (nSPS) is 13.1. The molecule has 18 heavy (non-hydrogen) atoms. The van der Waals surface area contributed by atoms with E-state index < -0.39 is 0 Å². The average molecular weight is 260 g/mol. The first-order chi connectivity index (χ1) is 8.54. The van der Waals surface area contributed by atoms with E-state index in [0.717, 1.165) is 0 Å². The van der Waals surface area contributed by atoms with Gasteiger partial charge in [0, 0.05) is 13.8 Å². The summed E-state index contributed by atoms with van der Waals surface area (Å²) in [6.45, 7) is 7.31. The highest BCUT2D eigenvalue weighted by Crippen LogP contribution is 2.15. The summed E-state index contributed by atoms with van der Waals surface area (Å²) in [4.78, 5) is 19.6. The van der Waals surface area contributed by atoms with E-state index in [1.165, 1.54) is 52.4 Å². The van der Waals surface area contributed by atoms with Crippen molar-refractivity contribution in [2.45, 2.75) is 66.2 Å². The summed E-state index contributed by atoms with van der Waals surface area (Å²) in [6.07, 6.45) is 9.00. The molecule has 4 nitrogen and oxygen atoms in total. The Morgan fingerprint density at radius 1 is 0.722 bits per heavy atom. The molecule has 0 amide bonds. The first kappa shape index (κ1) is 19.3. The lowest BCUT2D eigenvalue weighted by atomic mass is 10.0. The van der Waals surface area contributed by atoms with Crippen molar-refractivity contribution in [2.75, 3.05) is 13.2 Å². The Balaban J connectivity index is 0. The van der Waals surface area contributed by atoms with Crippen LogP contribution in [0.4, 0.5) is 0 Å². The van der Waals surface area contributed by atoms with Crippen LogP contribution in [0.15, 0.2) is 0 Å². The molecule has 1 aliphatic carbocycles. The number of carbonyl (C=O) groups excluding carboxylic acids is 2. The largest absolute Gasteiger partial charge is 0.466 e. The van der Waals surface area contributed by atoms with Gasteiger partial charge in [-0.1, -0.05) is 38.5 Å². The maximum Gasteiger partial charge on any atom is 0.302 e. The molecule has 1 aliphatic rings. The van der Waals surface area contributed by atoms with Crippen LogP contribution >= 0.6 is 0 Å². The van der Waals surface area contributed by atoms with Gasteiger partial charge in [-0.15, -0.1) is 0 Å². The fourth-order valence-electron chi connectivity index (χ4n) is 1.47. The molecule has 0 atom stereocenters. The van der Waals surface area contributed by atoms with Crippen LogP contribution in [0.2, 0.25) is 0 Å². The van der Waals surface area contributed by atoms with Crippen molar-refractivity contribution in [3.63, 3.8) is 0 Å². The van der Waals surface area contributed by atoms with E-state index >= 15 is 0 Å². The van der Waals surface area contributed by atoms with E-state index in [9.17, 15) is 9.59 Å². The molecular weight excluding hydrogens is 232 g/mol. The van der Waals surface area contributed by atoms with Gasteiger partial charge in [0.1, 0.15) is 0 Å². The number of carbonyl (C=O) groups is 2. The summed E-state index contributed by atoms with van der Waals surface area (Å²) < 4.78 is 8.81. The number of ether oxygens (including phenoxy) is 2. The van der Waals surface area contributed by atoms with E-state index in [1.54, 1.807) is 13.8 Å². The van der Waals surface area contributed by atoms with Gasteiger partial charge in [0.05, 0.1) is 13.2 Å². The van der Waals surface area contributed by atoms with Crippen LogP contribution in [0.5, 0.6) is 0 Å². The second-order valence-electron chi connectivity index (χ2n) is 3.97.